The second-order valence-corrected chi connectivity index (χ2v) is 4.56. The Balaban J connectivity index is 2.49. The first-order valence-corrected chi connectivity index (χ1v) is 5.74. The molecule has 92 valence electrons. The van der Waals surface area contributed by atoms with Gasteiger partial charge in [-0.25, -0.2) is 4.79 Å². The van der Waals surface area contributed by atoms with Crippen molar-refractivity contribution < 1.29 is 14.7 Å². The van der Waals surface area contributed by atoms with E-state index in [1.807, 2.05) is 6.92 Å². The number of nitrogens with zero attached hydrogens (tertiary/aromatic N) is 1. The molecular formula is C11H20N2O3. The lowest BCUT2D eigenvalue weighted by Gasteiger charge is -2.42. The second kappa shape index (κ2) is 5.18. The van der Waals surface area contributed by atoms with Gasteiger partial charge < -0.3 is 15.3 Å². The number of carbonyl (C=O) groups is 2. The Hall–Kier alpha value is -1.26. The van der Waals surface area contributed by atoms with Crippen molar-refractivity contribution in [1.29, 1.82) is 0 Å². The molecule has 0 saturated heterocycles. The summed E-state index contributed by atoms with van der Waals surface area (Å²) >= 11 is 0. The molecule has 2 amide bonds. The molecule has 0 radical (unpaired) electrons. The van der Waals surface area contributed by atoms with Crippen molar-refractivity contribution in [3.05, 3.63) is 0 Å². The molecule has 0 spiro atoms. The summed E-state index contributed by atoms with van der Waals surface area (Å²) in [5.74, 6) is -0.849. The molecule has 0 unspecified atom stereocenters. The molecule has 2 N–H and O–H groups in total. The zero-order valence-corrected chi connectivity index (χ0v) is 9.95. The smallest absolute Gasteiger partial charge is 0.317 e. The van der Waals surface area contributed by atoms with Crippen LogP contribution in [-0.4, -0.2) is 41.1 Å². The molecule has 1 fully saturated rings. The number of aliphatic carboxylic acids is 1. The number of nitrogens with one attached hydrogen (secondary N) is 1. The van der Waals surface area contributed by atoms with Crippen LogP contribution in [-0.2, 0) is 4.79 Å². The molecule has 0 aromatic carbocycles. The van der Waals surface area contributed by atoms with Crippen LogP contribution < -0.4 is 5.32 Å². The molecule has 1 saturated carbocycles. The van der Waals surface area contributed by atoms with E-state index in [2.05, 4.69) is 5.32 Å². The largest absolute Gasteiger partial charge is 0.481 e. The van der Waals surface area contributed by atoms with Crippen LogP contribution in [0.2, 0.25) is 0 Å². The van der Waals surface area contributed by atoms with Crippen LogP contribution in [0.5, 0.6) is 0 Å². The van der Waals surface area contributed by atoms with E-state index in [0.29, 0.717) is 6.54 Å². The molecule has 0 aromatic heterocycles. The molecule has 5 nitrogen and oxygen atoms in total. The lowest BCUT2D eigenvalue weighted by molar-refractivity contribution is -0.139. The monoisotopic (exact) mass is 228 g/mol. The molecule has 0 atom stereocenters. The molecular weight excluding hydrogens is 208 g/mol. The Morgan fingerprint density at radius 2 is 2.06 bits per heavy atom. The predicted molar refractivity (Wildman–Crippen MR) is 60.3 cm³/mol. The normalized spacial score (nSPS) is 17.4. The van der Waals surface area contributed by atoms with Crippen molar-refractivity contribution in [3.8, 4) is 0 Å². The van der Waals surface area contributed by atoms with Crippen molar-refractivity contribution in [2.45, 2.75) is 44.6 Å². The first-order valence-electron chi connectivity index (χ1n) is 5.74. The summed E-state index contributed by atoms with van der Waals surface area (Å²) in [7, 11) is 1.73. The number of carboxylic acid groups (broad SMARTS) is 1. The summed E-state index contributed by atoms with van der Waals surface area (Å²) in [6.07, 6.45) is 3.45. The predicted octanol–water partition coefficient (Wildman–Crippen LogP) is 1.44. The third-order valence-electron chi connectivity index (χ3n) is 3.08. The maximum absolute atomic E-state index is 11.7. The van der Waals surface area contributed by atoms with Crippen LogP contribution in [0.1, 0.15) is 39.0 Å². The average Bonchev–Trinajstić information content (AvgIpc) is 2.13. The highest BCUT2D eigenvalue weighted by atomic mass is 16.4. The van der Waals surface area contributed by atoms with E-state index in [1.54, 1.807) is 11.9 Å². The zero-order valence-electron chi connectivity index (χ0n) is 9.95. The third-order valence-corrected chi connectivity index (χ3v) is 3.08. The van der Waals surface area contributed by atoms with Gasteiger partial charge in [0, 0.05) is 13.6 Å². The standard InChI is InChI=1S/C11H20N2O3/c1-3-7-13(2)10(16)12-11(5-4-6-11)8-9(14)15/h3-8H2,1-2H3,(H,12,16)(H,14,15). The maximum atomic E-state index is 11.7. The highest BCUT2D eigenvalue weighted by Gasteiger charge is 2.40. The fraction of sp³-hybridized carbons (Fsp3) is 0.818. The quantitative estimate of drug-likeness (QED) is 0.748. The summed E-state index contributed by atoms with van der Waals surface area (Å²) in [4.78, 5) is 24.1. The summed E-state index contributed by atoms with van der Waals surface area (Å²) in [6, 6.07) is -0.164. The minimum atomic E-state index is -0.849. The minimum Gasteiger partial charge on any atom is -0.481 e. The molecule has 0 aromatic rings. The van der Waals surface area contributed by atoms with Gasteiger partial charge in [-0.05, 0) is 25.7 Å². The number of rotatable bonds is 5. The van der Waals surface area contributed by atoms with Gasteiger partial charge in [-0.15, -0.1) is 0 Å². The first-order chi connectivity index (χ1) is 7.49. The first kappa shape index (κ1) is 12.8. The Morgan fingerprint density at radius 1 is 1.44 bits per heavy atom. The average molecular weight is 228 g/mol. The van der Waals surface area contributed by atoms with E-state index in [9.17, 15) is 9.59 Å². The molecule has 1 aliphatic carbocycles. The van der Waals surface area contributed by atoms with Gasteiger partial charge in [-0.1, -0.05) is 6.92 Å². The van der Waals surface area contributed by atoms with E-state index < -0.39 is 11.5 Å². The third kappa shape index (κ3) is 3.12. The molecule has 0 heterocycles. The lowest BCUT2D eigenvalue weighted by atomic mass is 9.74. The van der Waals surface area contributed by atoms with E-state index >= 15 is 0 Å². The molecule has 0 aliphatic heterocycles. The van der Waals surface area contributed by atoms with E-state index in [4.69, 9.17) is 5.11 Å². The number of carboxylic acids is 1. The van der Waals surface area contributed by atoms with Gasteiger partial charge in [0.2, 0.25) is 0 Å². The van der Waals surface area contributed by atoms with Crippen LogP contribution in [0.15, 0.2) is 0 Å². The SMILES string of the molecule is CCCN(C)C(=O)NC1(CC(=O)O)CCC1. The van der Waals surface area contributed by atoms with E-state index in [1.165, 1.54) is 0 Å². The number of hydrogen-bond donors (Lipinski definition) is 2. The van der Waals surface area contributed by atoms with Crippen molar-refractivity contribution in [1.82, 2.24) is 10.2 Å². The maximum Gasteiger partial charge on any atom is 0.317 e. The summed E-state index contributed by atoms with van der Waals surface area (Å²) in [6.45, 7) is 2.69. The van der Waals surface area contributed by atoms with Crippen LogP contribution in [0, 0.1) is 0 Å². The lowest BCUT2D eigenvalue weighted by Crippen LogP contribution is -2.57. The Morgan fingerprint density at radius 3 is 2.44 bits per heavy atom. The Kier molecular flexibility index (Phi) is 4.15. The van der Waals surface area contributed by atoms with Gasteiger partial charge in [0.15, 0.2) is 0 Å². The molecule has 5 heteroatoms. The summed E-state index contributed by atoms with van der Waals surface area (Å²) in [5, 5.41) is 11.7. The Bertz CT molecular complexity index is 274. The summed E-state index contributed by atoms with van der Waals surface area (Å²) < 4.78 is 0. The zero-order chi connectivity index (χ0) is 12.2. The molecule has 16 heavy (non-hydrogen) atoms. The Labute approximate surface area is 95.8 Å². The molecule has 0 bridgehead atoms. The number of urea groups is 1. The van der Waals surface area contributed by atoms with Gasteiger partial charge in [0.05, 0.1) is 12.0 Å². The minimum absolute atomic E-state index is 0.0265. The van der Waals surface area contributed by atoms with E-state index in [-0.39, 0.29) is 12.5 Å². The summed E-state index contributed by atoms with van der Waals surface area (Å²) in [5.41, 5.74) is -0.495. The molecule has 1 rings (SSSR count). The fourth-order valence-electron chi connectivity index (χ4n) is 2.00. The van der Waals surface area contributed by atoms with Gasteiger partial charge >= 0.3 is 12.0 Å². The van der Waals surface area contributed by atoms with Gasteiger partial charge in [-0.3, -0.25) is 4.79 Å². The number of hydrogen-bond acceptors (Lipinski definition) is 2. The topological polar surface area (TPSA) is 69.6 Å². The van der Waals surface area contributed by atoms with Crippen LogP contribution in [0.4, 0.5) is 4.79 Å². The van der Waals surface area contributed by atoms with Gasteiger partial charge in [0.1, 0.15) is 0 Å². The van der Waals surface area contributed by atoms with Crippen LogP contribution in [0.25, 0.3) is 0 Å². The number of amides is 2. The fourth-order valence-corrected chi connectivity index (χ4v) is 2.00. The van der Waals surface area contributed by atoms with Gasteiger partial charge in [-0.2, -0.15) is 0 Å². The van der Waals surface area contributed by atoms with E-state index in [0.717, 1.165) is 25.7 Å². The van der Waals surface area contributed by atoms with Gasteiger partial charge in [0.25, 0.3) is 0 Å². The highest BCUT2D eigenvalue weighted by Crippen LogP contribution is 2.35. The number of carbonyl (C=O) groups excluding carboxylic acids is 1. The van der Waals surface area contributed by atoms with Crippen molar-refractivity contribution in [3.63, 3.8) is 0 Å². The van der Waals surface area contributed by atoms with Crippen molar-refractivity contribution in [2.75, 3.05) is 13.6 Å². The van der Waals surface area contributed by atoms with Crippen LogP contribution in [0.3, 0.4) is 0 Å². The molecule has 1 aliphatic rings. The highest BCUT2D eigenvalue weighted by molar-refractivity contribution is 5.77. The van der Waals surface area contributed by atoms with Crippen molar-refractivity contribution >= 4 is 12.0 Å². The van der Waals surface area contributed by atoms with Crippen LogP contribution >= 0.6 is 0 Å². The van der Waals surface area contributed by atoms with Crippen molar-refractivity contribution in [2.24, 2.45) is 0 Å². The second-order valence-electron chi connectivity index (χ2n) is 4.56.